The Hall–Kier alpha value is -2.14. The average Bonchev–Trinajstić information content (AvgIpc) is 3.16. The van der Waals surface area contributed by atoms with Crippen LogP contribution in [0, 0.1) is 5.92 Å². The molecule has 1 aliphatic heterocycles. The third-order valence-electron chi connectivity index (χ3n) is 5.16. The SMILES string of the molecule is CC(=O)NS(=O)(=O)c1cccc(Nc2nc(N3CCC(C)CC3)c3cc[nH]c3n2)c1.[H-].[Na+]. The fraction of sp³-hybridized carbons (Fsp3) is 0.350. The molecule has 4 rings (SSSR count). The van der Waals surface area contributed by atoms with Crippen LogP contribution in [0.15, 0.2) is 41.4 Å². The number of aromatic amines is 1. The van der Waals surface area contributed by atoms with Gasteiger partial charge in [-0.05, 0) is 43.0 Å². The van der Waals surface area contributed by atoms with E-state index in [1.165, 1.54) is 12.1 Å². The van der Waals surface area contributed by atoms with Crippen LogP contribution < -0.4 is 44.5 Å². The first-order chi connectivity index (χ1) is 14.3. The molecule has 3 aromatic rings. The maximum atomic E-state index is 12.3. The third kappa shape index (κ3) is 5.38. The van der Waals surface area contributed by atoms with Crippen LogP contribution in [0.25, 0.3) is 11.0 Å². The van der Waals surface area contributed by atoms with Gasteiger partial charge in [0.05, 0.1) is 10.3 Å². The minimum Gasteiger partial charge on any atom is -1.00 e. The Morgan fingerprint density at radius 1 is 1.23 bits per heavy atom. The van der Waals surface area contributed by atoms with E-state index in [1.54, 1.807) is 12.1 Å². The van der Waals surface area contributed by atoms with Crippen molar-refractivity contribution in [2.45, 2.75) is 31.6 Å². The number of hydrogen-bond donors (Lipinski definition) is 3. The van der Waals surface area contributed by atoms with Gasteiger partial charge in [0.25, 0.3) is 10.0 Å². The van der Waals surface area contributed by atoms with Crippen LogP contribution in [0.2, 0.25) is 0 Å². The number of carbonyl (C=O) groups is 1. The molecule has 0 saturated carbocycles. The summed E-state index contributed by atoms with van der Waals surface area (Å²) in [6.45, 7) is 5.28. The topological polar surface area (TPSA) is 120 Å². The second kappa shape index (κ2) is 9.56. The number of fused-ring (bicyclic) bond motifs is 1. The third-order valence-corrected chi connectivity index (χ3v) is 6.59. The molecule has 3 heterocycles. The van der Waals surface area contributed by atoms with Crippen molar-refractivity contribution in [1.29, 1.82) is 0 Å². The molecule has 1 saturated heterocycles. The van der Waals surface area contributed by atoms with Gasteiger partial charge in [-0.15, -0.1) is 0 Å². The predicted molar refractivity (Wildman–Crippen MR) is 116 cm³/mol. The van der Waals surface area contributed by atoms with E-state index in [2.05, 4.69) is 27.1 Å². The fourth-order valence-electron chi connectivity index (χ4n) is 3.56. The predicted octanol–water partition coefficient (Wildman–Crippen LogP) is -0.121. The van der Waals surface area contributed by atoms with Crippen molar-refractivity contribution < 1.29 is 44.2 Å². The summed E-state index contributed by atoms with van der Waals surface area (Å²) in [6, 6.07) is 8.14. The summed E-state index contributed by atoms with van der Waals surface area (Å²) in [6.07, 6.45) is 4.06. The van der Waals surface area contributed by atoms with Crippen LogP contribution in [0.1, 0.15) is 28.1 Å². The van der Waals surface area contributed by atoms with Crippen LogP contribution >= 0.6 is 0 Å². The molecule has 0 spiro atoms. The van der Waals surface area contributed by atoms with Crippen molar-refractivity contribution in [2.75, 3.05) is 23.3 Å². The number of rotatable bonds is 5. The Kier molecular flexibility index (Phi) is 7.25. The Morgan fingerprint density at radius 3 is 2.68 bits per heavy atom. The van der Waals surface area contributed by atoms with Crippen LogP contribution in [0.4, 0.5) is 17.5 Å². The zero-order valence-electron chi connectivity index (χ0n) is 18.8. The van der Waals surface area contributed by atoms with E-state index in [1.807, 2.05) is 17.0 Å². The standard InChI is InChI=1S/C20H24N6O3S.Na.H/c1-13-7-10-26(11-8-13)19-17-6-9-21-18(17)23-20(24-19)22-15-4-3-5-16(12-15)30(28,29)25-14(2)27;;/h3-6,9,12-13H,7-8,10-11H2,1-2H3,(H,25,27)(H2,21,22,23,24);;/q;+1;-1. The largest absolute Gasteiger partial charge is 1.00 e. The number of nitrogens with zero attached hydrogens (tertiary/aromatic N) is 3. The number of hydrogen-bond acceptors (Lipinski definition) is 7. The Labute approximate surface area is 204 Å². The molecule has 31 heavy (non-hydrogen) atoms. The summed E-state index contributed by atoms with van der Waals surface area (Å²) in [5.74, 6) is 1.29. The molecule has 3 N–H and O–H groups in total. The van der Waals surface area contributed by atoms with Gasteiger partial charge in [-0.3, -0.25) is 4.79 Å². The zero-order chi connectivity index (χ0) is 21.3. The fourth-order valence-corrected chi connectivity index (χ4v) is 4.60. The maximum absolute atomic E-state index is 12.3. The molecule has 11 heteroatoms. The minimum absolute atomic E-state index is 0. The summed E-state index contributed by atoms with van der Waals surface area (Å²) in [5, 5.41) is 4.05. The normalized spacial score (nSPS) is 14.8. The number of carbonyl (C=O) groups excluding carboxylic acids is 1. The minimum atomic E-state index is -3.93. The molecule has 0 aliphatic carbocycles. The van der Waals surface area contributed by atoms with E-state index in [0.29, 0.717) is 23.2 Å². The Balaban J connectivity index is 0.00000181. The van der Waals surface area contributed by atoms with Crippen molar-refractivity contribution >= 4 is 44.4 Å². The van der Waals surface area contributed by atoms with Gasteiger partial charge in [0.15, 0.2) is 0 Å². The van der Waals surface area contributed by atoms with Gasteiger partial charge in [-0.25, -0.2) is 13.1 Å². The van der Waals surface area contributed by atoms with E-state index in [4.69, 9.17) is 4.98 Å². The number of benzene rings is 1. The molecule has 1 fully saturated rings. The van der Waals surface area contributed by atoms with E-state index in [9.17, 15) is 13.2 Å². The van der Waals surface area contributed by atoms with Crippen molar-refractivity contribution in [3.05, 3.63) is 36.5 Å². The molecule has 0 radical (unpaired) electrons. The molecular weight excluding hydrogens is 427 g/mol. The van der Waals surface area contributed by atoms with Gasteiger partial charge in [0.1, 0.15) is 11.5 Å². The number of amides is 1. The Bertz CT molecular complexity index is 1200. The van der Waals surface area contributed by atoms with Crippen molar-refractivity contribution in [2.24, 2.45) is 5.92 Å². The first kappa shape index (κ1) is 23.5. The maximum Gasteiger partial charge on any atom is 1.00 e. The molecule has 1 aromatic carbocycles. The second-order valence-corrected chi connectivity index (χ2v) is 9.28. The summed E-state index contributed by atoms with van der Waals surface area (Å²) in [5.41, 5.74) is 1.22. The molecule has 0 bridgehead atoms. The number of piperidine rings is 1. The van der Waals surface area contributed by atoms with Crippen LogP contribution in [0.3, 0.4) is 0 Å². The van der Waals surface area contributed by atoms with E-state index in [0.717, 1.165) is 44.1 Å². The van der Waals surface area contributed by atoms with Gasteiger partial charge in [-0.2, -0.15) is 9.97 Å². The monoisotopic (exact) mass is 452 g/mol. The van der Waals surface area contributed by atoms with Crippen molar-refractivity contribution in [3.8, 4) is 0 Å². The Morgan fingerprint density at radius 2 is 1.97 bits per heavy atom. The number of anilines is 3. The number of sulfonamides is 1. The number of H-pyrrole nitrogens is 1. The molecule has 160 valence electrons. The number of nitrogens with one attached hydrogen (secondary N) is 3. The summed E-state index contributed by atoms with van der Waals surface area (Å²) in [7, 11) is -3.93. The van der Waals surface area contributed by atoms with Gasteiger partial charge >= 0.3 is 29.6 Å². The van der Waals surface area contributed by atoms with E-state index >= 15 is 0 Å². The molecule has 1 aliphatic rings. The van der Waals surface area contributed by atoms with Gasteiger partial charge < -0.3 is 16.6 Å². The van der Waals surface area contributed by atoms with Crippen molar-refractivity contribution in [1.82, 2.24) is 19.7 Å². The first-order valence-electron chi connectivity index (χ1n) is 9.82. The molecule has 2 aromatic heterocycles. The van der Waals surface area contributed by atoms with Gasteiger partial charge in [0.2, 0.25) is 11.9 Å². The van der Waals surface area contributed by atoms with Crippen molar-refractivity contribution in [3.63, 3.8) is 0 Å². The van der Waals surface area contributed by atoms with Gasteiger partial charge in [-0.1, -0.05) is 13.0 Å². The molecule has 1 amide bonds. The second-order valence-electron chi connectivity index (χ2n) is 7.59. The average molecular weight is 453 g/mol. The summed E-state index contributed by atoms with van der Waals surface area (Å²) < 4.78 is 26.5. The smallest absolute Gasteiger partial charge is 1.00 e. The number of aromatic nitrogens is 3. The first-order valence-corrected chi connectivity index (χ1v) is 11.3. The van der Waals surface area contributed by atoms with Crippen LogP contribution in [-0.2, 0) is 14.8 Å². The summed E-state index contributed by atoms with van der Waals surface area (Å²) >= 11 is 0. The molecule has 0 atom stereocenters. The zero-order valence-corrected chi connectivity index (χ0v) is 20.7. The van der Waals surface area contributed by atoms with E-state index in [-0.39, 0.29) is 35.9 Å². The molecular formula is C20H25N6NaO3S. The van der Waals surface area contributed by atoms with Crippen LogP contribution in [-0.4, -0.2) is 42.4 Å². The molecule has 0 unspecified atom stereocenters. The van der Waals surface area contributed by atoms with E-state index < -0.39 is 15.9 Å². The van der Waals surface area contributed by atoms with Crippen LogP contribution in [0.5, 0.6) is 0 Å². The molecule has 9 nitrogen and oxygen atoms in total. The quantitative estimate of drug-likeness (QED) is 0.462. The summed E-state index contributed by atoms with van der Waals surface area (Å²) in [4.78, 5) is 25.8. The van der Waals surface area contributed by atoms with Gasteiger partial charge in [0, 0.05) is 31.9 Å².